The molecule has 92 valence electrons. The van der Waals surface area contributed by atoms with Gasteiger partial charge in [0.1, 0.15) is 11.5 Å². The number of rotatable bonds is 1. The second-order valence-corrected chi connectivity index (χ2v) is 5.21. The third kappa shape index (κ3) is 1.94. The number of fused-ring (bicyclic) bond motifs is 1. The molecule has 3 heteroatoms. The van der Waals surface area contributed by atoms with Crippen molar-refractivity contribution in [1.82, 2.24) is 0 Å². The van der Waals surface area contributed by atoms with Crippen LogP contribution in [-0.4, -0.2) is 20.3 Å². The first kappa shape index (κ1) is 10.8. The third-order valence-corrected chi connectivity index (χ3v) is 4.04. The van der Waals surface area contributed by atoms with Gasteiger partial charge in [-0.3, -0.25) is 0 Å². The van der Waals surface area contributed by atoms with E-state index in [1.807, 2.05) is 18.2 Å². The van der Waals surface area contributed by atoms with Gasteiger partial charge in [-0.2, -0.15) is 0 Å². The van der Waals surface area contributed by atoms with Gasteiger partial charge in [0, 0.05) is 18.0 Å². The zero-order valence-electron chi connectivity index (χ0n) is 10.3. The van der Waals surface area contributed by atoms with E-state index in [0.29, 0.717) is 5.41 Å². The summed E-state index contributed by atoms with van der Waals surface area (Å²) in [7, 11) is 1.68. The molecule has 2 aliphatic rings. The van der Waals surface area contributed by atoms with Crippen molar-refractivity contribution in [1.29, 1.82) is 0 Å². The van der Waals surface area contributed by atoms with Crippen LogP contribution in [0.15, 0.2) is 18.2 Å². The van der Waals surface area contributed by atoms with Crippen LogP contribution >= 0.6 is 0 Å². The Balaban J connectivity index is 1.84. The minimum absolute atomic E-state index is 0.353. The first-order valence-corrected chi connectivity index (χ1v) is 6.36. The molecule has 1 aromatic carbocycles. The summed E-state index contributed by atoms with van der Waals surface area (Å²) in [6.07, 6.45) is 5.24. The summed E-state index contributed by atoms with van der Waals surface area (Å²) in [5.74, 6) is 1.78. The number of nitrogens with one attached hydrogen (secondary N) is 1. The van der Waals surface area contributed by atoms with Gasteiger partial charge in [0.25, 0.3) is 0 Å². The molecule has 0 amide bonds. The Morgan fingerprint density at radius 2 is 2.12 bits per heavy atom. The van der Waals surface area contributed by atoms with Gasteiger partial charge in [-0.05, 0) is 25.0 Å². The minimum atomic E-state index is 0.353. The molecule has 1 aromatic rings. The van der Waals surface area contributed by atoms with E-state index < -0.39 is 0 Å². The fourth-order valence-electron chi connectivity index (χ4n) is 2.91. The molecule has 1 N–H and O–H groups in total. The topological polar surface area (TPSA) is 30.5 Å². The summed E-state index contributed by atoms with van der Waals surface area (Å²) in [5, 5.41) is 3.53. The summed E-state index contributed by atoms with van der Waals surface area (Å²) < 4.78 is 11.2. The number of hydrogen-bond acceptors (Lipinski definition) is 3. The van der Waals surface area contributed by atoms with Crippen LogP contribution in [0.25, 0.3) is 0 Å². The van der Waals surface area contributed by atoms with Crippen LogP contribution in [0.2, 0.25) is 0 Å². The highest BCUT2D eigenvalue weighted by atomic mass is 16.5. The van der Waals surface area contributed by atoms with Gasteiger partial charge in [0.05, 0.1) is 19.4 Å². The zero-order valence-corrected chi connectivity index (χ0v) is 10.3. The molecule has 0 bridgehead atoms. The molecular weight excluding hydrogens is 214 g/mol. The van der Waals surface area contributed by atoms with Gasteiger partial charge < -0.3 is 14.8 Å². The highest BCUT2D eigenvalue weighted by Crippen LogP contribution is 2.42. The number of benzene rings is 1. The quantitative estimate of drug-likeness (QED) is 0.808. The molecule has 0 unspecified atom stereocenters. The molecule has 3 rings (SSSR count). The number of ether oxygens (including phenoxy) is 2. The molecule has 1 spiro atoms. The Morgan fingerprint density at radius 1 is 1.29 bits per heavy atom. The predicted octanol–water partition coefficient (Wildman–Crippen LogP) is 3.06. The molecule has 1 fully saturated rings. The summed E-state index contributed by atoms with van der Waals surface area (Å²) in [5.41, 5.74) is 1.45. The maximum absolute atomic E-state index is 5.99. The van der Waals surface area contributed by atoms with Gasteiger partial charge in [0.15, 0.2) is 0 Å². The molecule has 0 atom stereocenters. The van der Waals surface area contributed by atoms with E-state index in [1.165, 1.54) is 25.7 Å². The lowest BCUT2D eigenvalue weighted by Gasteiger charge is -2.25. The lowest BCUT2D eigenvalue weighted by molar-refractivity contribution is 0.169. The predicted molar refractivity (Wildman–Crippen MR) is 67.9 cm³/mol. The van der Waals surface area contributed by atoms with E-state index in [4.69, 9.17) is 9.47 Å². The second kappa shape index (κ2) is 4.13. The molecule has 1 aliphatic carbocycles. The largest absolute Gasteiger partial charge is 0.497 e. The van der Waals surface area contributed by atoms with Crippen molar-refractivity contribution >= 4 is 5.69 Å². The van der Waals surface area contributed by atoms with Gasteiger partial charge in [-0.25, -0.2) is 0 Å². The molecule has 0 radical (unpaired) electrons. The Bertz CT molecular complexity index is 411. The minimum Gasteiger partial charge on any atom is -0.497 e. The van der Waals surface area contributed by atoms with Gasteiger partial charge >= 0.3 is 0 Å². The standard InChI is InChI=1S/C14H19NO2/c1-16-11-4-5-12-13(8-11)17-10-14(9-15-12)6-2-3-7-14/h4-5,8,15H,2-3,6-7,9-10H2,1H3. The molecule has 0 saturated heterocycles. The van der Waals surface area contributed by atoms with Crippen molar-refractivity contribution in [2.45, 2.75) is 25.7 Å². The van der Waals surface area contributed by atoms with Crippen molar-refractivity contribution in [3.05, 3.63) is 18.2 Å². The zero-order chi connectivity index (χ0) is 11.7. The average Bonchev–Trinajstić information content (AvgIpc) is 2.75. The molecule has 1 aliphatic heterocycles. The second-order valence-electron chi connectivity index (χ2n) is 5.21. The van der Waals surface area contributed by atoms with Crippen LogP contribution in [0.1, 0.15) is 25.7 Å². The smallest absolute Gasteiger partial charge is 0.146 e. The van der Waals surface area contributed by atoms with Crippen molar-refractivity contribution < 1.29 is 9.47 Å². The van der Waals surface area contributed by atoms with Crippen LogP contribution in [-0.2, 0) is 0 Å². The Kier molecular flexibility index (Phi) is 2.61. The van der Waals surface area contributed by atoms with E-state index in [2.05, 4.69) is 5.32 Å². The van der Waals surface area contributed by atoms with Gasteiger partial charge in [0.2, 0.25) is 0 Å². The third-order valence-electron chi connectivity index (χ3n) is 4.04. The molecule has 1 saturated carbocycles. The van der Waals surface area contributed by atoms with E-state index in [1.54, 1.807) is 7.11 Å². The molecule has 1 heterocycles. The molecule has 17 heavy (non-hydrogen) atoms. The maximum atomic E-state index is 5.99. The first-order valence-electron chi connectivity index (χ1n) is 6.36. The van der Waals surface area contributed by atoms with Crippen LogP contribution in [0.3, 0.4) is 0 Å². The Hall–Kier alpha value is -1.38. The monoisotopic (exact) mass is 233 g/mol. The molecule has 3 nitrogen and oxygen atoms in total. The summed E-state index contributed by atoms with van der Waals surface area (Å²) in [6, 6.07) is 5.99. The normalized spacial score (nSPS) is 21.2. The van der Waals surface area contributed by atoms with Crippen LogP contribution in [0.4, 0.5) is 5.69 Å². The molecular formula is C14H19NO2. The Labute approximate surface area is 102 Å². The highest BCUT2D eigenvalue weighted by Gasteiger charge is 2.36. The Morgan fingerprint density at radius 3 is 2.88 bits per heavy atom. The van der Waals surface area contributed by atoms with Crippen LogP contribution < -0.4 is 14.8 Å². The van der Waals surface area contributed by atoms with E-state index >= 15 is 0 Å². The van der Waals surface area contributed by atoms with Crippen LogP contribution in [0, 0.1) is 5.41 Å². The highest BCUT2D eigenvalue weighted by molar-refractivity contribution is 5.60. The average molecular weight is 233 g/mol. The maximum Gasteiger partial charge on any atom is 0.146 e. The van der Waals surface area contributed by atoms with Crippen molar-refractivity contribution in [3.63, 3.8) is 0 Å². The van der Waals surface area contributed by atoms with E-state index in [0.717, 1.165) is 30.3 Å². The summed E-state index contributed by atoms with van der Waals surface area (Å²) in [4.78, 5) is 0. The van der Waals surface area contributed by atoms with Crippen molar-refractivity contribution in [2.24, 2.45) is 5.41 Å². The fourth-order valence-corrected chi connectivity index (χ4v) is 2.91. The lowest BCUT2D eigenvalue weighted by Crippen LogP contribution is -2.30. The van der Waals surface area contributed by atoms with Gasteiger partial charge in [-0.1, -0.05) is 12.8 Å². The summed E-state index contributed by atoms with van der Waals surface area (Å²) >= 11 is 0. The summed E-state index contributed by atoms with van der Waals surface area (Å²) in [6.45, 7) is 1.87. The number of methoxy groups -OCH3 is 1. The fraction of sp³-hybridized carbons (Fsp3) is 0.571. The van der Waals surface area contributed by atoms with Crippen LogP contribution in [0.5, 0.6) is 11.5 Å². The van der Waals surface area contributed by atoms with Gasteiger partial charge in [-0.15, -0.1) is 0 Å². The first-order chi connectivity index (χ1) is 8.31. The number of anilines is 1. The van der Waals surface area contributed by atoms with Crippen molar-refractivity contribution in [2.75, 3.05) is 25.6 Å². The van der Waals surface area contributed by atoms with E-state index in [-0.39, 0.29) is 0 Å². The van der Waals surface area contributed by atoms with Crippen molar-refractivity contribution in [3.8, 4) is 11.5 Å². The lowest BCUT2D eigenvalue weighted by atomic mass is 9.87. The molecule has 0 aromatic heterocycles. The van der Waals surface area contributed by atoms with E-state index in [9.17, 15) is 0 Å². The SMILES string of the molecule is COc1ccc2c(c1)OCC1(CCCC1)CN2. The number of hydrogen-bond donors (Lipinski definition) is 1.